The third kappa shape index (κ3) is 5.01. The largest absolute Gasteiger partial charge is 0.478 e. The second-order valence-electron chi connectivity index (χ2n) is 7.41. The van der Waals surface area contributed by atoms with Gasteiger partial charge in [-0.15, -0.1) is 0 Å². The van der Waals surface area contributed by atoms with E-state index in [-0.39, 0.29) is 16.3 Å². The maximum Gasteiger partial charge on any atom is 0.328 e. The van der Waals surface area contributed by atoms with Crippen LogP contribution in [0.3, 0.4) is 0 Å². The van der Waals surface area contributed by atoms with E-state index in [2.05, 4.69) is 9.88 Å². The Morgan fingerprint density at radius 3 is 2.29 bits per heavy atom. The van der Waals surface area contributed by atoms with E-state index in [0.717, 1.165) is 23.5 Å². The van der Waals surface area contributed by atoms with Crippen LogP contribution in [0.1, 0.15) is 5.69 Å². The fourth-order valence-electron chi connectivity index (χ4n) is 3.14. The lowest BCUT2D eigenvalue weighted by Crippen LogP contribution is -2.47. The number of hydrogen-bond acceptors (Lipinski definition) is 7. The molecule has 1 N–H and O–H groups in total. The number of aromatic nitrogens is 2. The summed E-state index contributed by atoms with van der Waals surface area (Å²) in [5.41, 5.74) is 0.395. The number of benzene rings is 1. The van der Waals surface area contributed by atoms with Gasteiger partial charge in [-0.2, -0.15) is 0 Å². The number of carbonyl (C=O) groups is 1. The normalized spacial score (nSPS) is 15.7. The first kappa shape index (κ1) is 22.7. The van der Waals surface area contributed by atoms with Gasteiger partial charge in [0.05, 0.1) is 10.6 Å². The third-order valence-electron chi connectivity index (χ3n) is 5.00. The van der Waals surface area contributed by atoms with Crippen LogP contribution < -0.4 is 10.5 Å². The first-order valence-corrected chi connectivity index (χ1v) is 11.0. The molecule has 0 amide bonds. The fourth-order valence-corrected chi connectivity index (χ4v) is 4.04. The Labute approximate surface area is 180 Å². The number of nitrogens with zero attached hydrogens (tertiary/aromatic N) is 5. The molecular weight excluding hydrogens is 422 g/mol. The van der Waals surface area contributed by atoms with E-state index in [9.17, 15) is 18.0 Å². The van der Waals surface area contributed by atoms with Gasteiger partial charge in [-0.25, -0.2) is 22.5 Å². The highest BCUT2D eigenvalue weighted by Gasteiger charge is 2.21. The minimum absolute atomic E-state index is 0.105. The first-order valence-electron chi connectivity index (χ1n) is 9.61. The van der Waals surface area contributed by atoms with Crippen molar-refractivity contribution in [3.63, 3.8) is 0 Å². The summed E-state index contributed by atoms with van der Waals surface area (Å²) in [6, 6.07) is 5.94. The van der Waals surface area contributed by atoms with E-state index in [1.54, 1.807) is 0 Å². The summed E-state index contributed by atoms with van der Waals surface area (Å²) in [6.07, 6.45) is 3.72. The van der Waals surface area contributed by atoms with Gasteiger partial charge in [0.2, 0.25) is 10.0 Å². The predicted molar refractivity (Wildman–Crippen MR) is 117 cm³/mol. The summed E-state index contributed by atoms with van der Waals surface area (Å²) in [7, 11) is 1.29. The van der Waals surface area contributed by atoms with Crippen molar-refractivity contribution < 1.29 is 18.3 Å². The Morgan fingerprint density at radius 1 is 1.13 bits per heavy atom. The van der Waals surface area contributed by atoms with Crippen LogP contribution in [-0.4, -0.2) is 85.6 Å². The molecule has 1 aliphatic rings. The Bertz CT molecular complexity index is 1150. The number of carboxylic acid groups (broad SMARTS) is 1. The smallest absolute Gasteiger partial charge is 0.328 e. The molecule has 31 heavy (non-hydrogen) atoms. The predicted octanol–water partition coefficient (Wildman–Crippen LogP) is 0.332. The van der Waals surface area contributed by atoms with Crippen molar-refractivity contribution in [2.45, 2.75) is 4.90 Å². The molecule has 11 heteroatoms. The lowest BCUT2D eigenvalue weighted by atomic mass is 10.3. The molecule has 0 aliphatic carbocycles. The number of rotatable bonds is 6. The third-order valence-corrected chi connectivity index (χ3v) is 6.83. The number of carboxylic acids is 1. The van der Waals surface area contributed by atoms with Crippen molar-refractivity contribution >= 4 is 27.9 Å². The van der Waals surface area contributed by atoms with Crippen LogP contribution in [0.5, 0.6) is 0 Å². The van der Waals surface area contributed by atoms with Crippen LogP contribution in [-0.2, 0) is 14.8 Å². The zero-order chi connectivity index (χ0) is 22.8. The van der Waals surface area contributed by atoms with Gasteiger partial charge in [0.25, 0.3) is 5.56 Å². The molecule has 1 aromatic carbocycles. The standard InChI is InChI=1S/C20H25N5O5S/c1-22(2)31(29,30)17-7-5-16(6-8-17)25-14-15(4-9-18(26)27)21-19(20(25)28)24-12-10-23(3)11-13-24/h4-9,14H,10-13H2,1-3H3,(H,26,27)/b9-4+. The van der Waals surface area contributed by atoms with E-state index >= 15 is 0 Å². The number of sulfonamides is 1. The van der Waals surface area contributed by atoms with Gasteiger partial charge in [0.15, 0.2) is 5.82 Å². The number of hydrogen-bond donors (Lipinski definition) is 1. The number of likely N-dealkylation sites (N-methyl/N-ethyl adjacent to an activating group) is 1. The zero-order valence-electron chi connectivity index (χ0n) is 17.6. The van der Waals surface area contributed by atoms with E-state index in [0.29, 0.717) is 24.5 Å². The lowest BCUT2D eigenvalue weighted by molar-refractivity contribution is -0.131. The van der Waals surface area contributed by atoms with Gasteiger partial charge in [0.1, 0.15) is 0 Å². The molecule has 0 atom stereocenters. The minimum atomic E-state index is -3.60. The van der Waals surface area contributed by atoms with Crippen molar-refractivity contribution in [3.8, 4) is 5.69 Å². The molecule has 1 fully saturated rings. The fraction of sp³-hybridized carbons (Fsp3) is 0.350. The average molecular weight is 448 g/mol. The average Bonchev–Trinajstić information content (AvgIpc) is 2.73. The van der Waals surface area contributed by atoms with Crippen LogP contribution in [0.4, 0.5) is 5.82 Å². The summed E-state index contributed by atoms with van der Waals surface area (Å²) in [4.78, 5) is 32.7. The highest BCUT2D eigenvalue weighted by atomic mass is 32.2. The van der Waals surface area contributed by atoms with Crippen LogP contribution in [0.15, 0.2) is 46.2 Å². The highest BCUT2D eigenvalue weighted by molar-refractivity contribution is 7.89. The monoisotopic (exact) mass is 447 g/mol. The van der Waals surface area contributed by atoms with Crippen molar-refractivity contribution in [2.75, 3.05) is 52.2 Å². The number of piperazine rings is 1. The summed E-state index contributed by atoms with van der Waals surface area (Å²) in [6.45, 7) is 2.77. The summed E-state index contributed by atoms with van der Waals surface area (Å²) in [5, 5.41) is 8.95. The quantitative estimate of drug-likeness (QED) is 0.630. The maximum absolute atomic E-state index is 13.2. The molecule has 0 spiro atoms. The Morgan fingerprint density at radius 2 is 1.74 bits per heavy atom. The molecule has 0 unspecified atom stereocenters. The molecule has 166 valence electrons. The van der Waals surface area contributed by atoms with Crippen molar-refractivity contribution in [2.24, 2.45) is 0 Å². The molecule has 10 nitrogen and oxygen atoms in total. The highest BCUT2D eigenvalue weighted by Crippen LogP contribution is 2.18. The molecule has 2 heterocycles. The van der Waals surface area contributed by atoms with Gasteiger partial charge in [-0.05, 0) is 37.4 Å². The molecule has 1 aromatic heterocycles. The van der Waals surface area contributed by atoms with Crippen LogP contribution in [0.25, 0.3) is 11.8 Å². The minimum Gasteiger partial charge on any atom is -0.478 e. The molecular formula is C20H25N5O5S. The van der Waals surface area contributed by atoms with E-state index in [1.807, 2.05) is 11.9 Å². The van der Waals surface area contributed by atoms with Crippen LogP contribution >= 0.6 is 0 Å². The van der Waals surface area contributed by atoms with Gasteiger partial charge >= 0.3 is 5.97 Å². The summed E-state index contributed by atoms with van der Waals surface area (Å²) >= 11 is 0. The summed E-state index contributed by atoms with van der Waals surface area (Å²) in [5.74, 6) is -0.899. The van der Waals surface area contributed by atoms with E-state index in [4.69, 9.17) is 5.11 Å². The summed E-state index contributed by atoms with van der Waals surface area (Å²) < 4.78 is 27.1. The van der Waals surface area contributed by atoms with E-state index < -0.39 is 16.0 Å². The van der Waals surface area contributed by atoms with Gasteiger partial charge < -0.3 is 14.9 Å². The Kier molecular flexibility index (Phi) is 6.58. The first-order chi connectivity index (χ1) is 14.6. The Hall–Kier alpha value is -3.02. The van der Waals surface area contributed by atoms with Gasteiger partial charge in [-0.3, -0.25) is 9.36 Å². The second kappa shape index (κ2) is 9.00. The molecule has 0 radical (unpaired) electrons. The zero-order valence-corrected chi connectivity index (χ0v) is 18.4. The van der Waals surface area contributed by atoms with Gasteiger partial charge in [-0.1, -0.05) is 0 Å². The number of anilines is 1. The maximum atomic E-state index is 13.2. The molecule has 1 saturated heterocycles. The molecule has 0 saturated carbocycles. The number of aliphatic carboxylic acids is 1. The topological polar surface area (TPSA) is 116 Å². The van der Waals surface area contributed by atoms with Crippen LogP contribution in [0.2, 0.25) is 0 Å². The molecule has 3 rings (SSSR count). The van der Waals surface area contributed by atoms with Gasteiger partial charge in [0, 0.05) is 58.2 Å². The Balaban J connectivity index is 2.08. The molecule has 2 aromatic rings. The van der Waals surface area contributed by atoms with Crippen molar-refractivity contribution in [1.82, 2.24) is 18.8 Å². The SMILES string of the molecule is CN1CCN(c2nc(/C=C/C(=O)O)cn(-c3ccc(S(=O)(=O)N(C)C)cc3)c2=O)CC1. The van der Waals surface area contributed by atoms with Crippen molar-refractivity contribution in [3.05, 3.63) is 52.6 Å². The second-order valence-corrected chi connectivity index (χ2v) is 9.56. The lowest BCUT2D eigenvalue weighted by Gasteiger charge is -2.33. The molecule has 0 bridgehead atoms. The van der Waals surface area contributed by atoms with Crippen molar-refractivity contribution in [1.29, 1.82) is 0 Å². The molecule has 1 aliphatic heterocycles. The van der Waals surface area contributed by atoms with Crippen LogP contribution in [0, 0.1) is 0 Å². The van der Waals surface area contributed by atoms with E-state index in [1.165, 1.54) is 55.2 Å².